The van der Waals surface area contributed by atoms with Crippen LogP contribution >= 0.6 is 11.8 Å². The zero-order chi connectivity index (χ0) is 19.9. The van der Waals surface area contributed by atoms with E-state index in [1.165, 1.54) is 31.2 Å². The topological polar surface area (TPSA) is 105 Å². The van der Waals surface area contributed by atoms with Gasteiger partial charge in [0.05, 0.1) is 21.8 Å². The minimum absolute atomic E-state index is 0.0176. The Morgan fingerprint density at radius 3 is 2.37 bits per heavy atom. The predicted molar refractivity (Wildman–Crippen MR) is 106 cm³/mol. The Hall–Kier alpha value is -2.23. The summed E-state index contributed by atoms with van der Waals surface area (Å²) in [7, 11) is -3.74. The second-order valence-electron chi connectivity index (χ2n) is 5.59. The largest absolute Gasteiger partial charge is 0.325 e. The summed E-state index contributed by atoms with van der Waals surface area (Å²) in [5.74, 6) is 0.456. The maximum absolute atomic E-state index is 12.2. The van der Waals surface area contributed by atoms with E-state index in [9.17, 15) is 18.0 Å². The second kappa shape index (κ2) is 9.63. The number of pyridine rings is 1. The molecule has 1 aromatic heterocycles. The number of rotatable bonds is 9. The summed E-state index contributed by atoms with van der Waals surface area (Å²) in [5.41, 5.74) is 0.994. The third-order valence-corrected chi connectivity index (χ3v) is 5.83. The van der Waals surface area contributed by atoms with Crippen LogP contribution in [0, 0.1) is 0 Å². The summed E-state index contributed by atoms with van der Waals surface area (Å²) in [4.78, 5) is 27.4. The molecule has 0 aliphatic rings. The number of nitrogens with one attached hydrogen (secondary N) is 2. The highest BCUT2D eigenvalue weighted by Crippen LogP contribution is 2.16. The molecule has 2 N–H and O–H groups in total. The molecule has 27 heavy (non-hydrogen) atoms. The first kappa shape index (κ1) is 21.1. The number of hydrogen-bond donors (Lipinski definition) is 2. The molecule has 0 saturated carbocycles. The van der Waals surface area contributed by atoms with Crippen LogP contribution in [0.15, 0.2) is 52.5 Å². The number of nitrogens with zero attached hydrogens (tertiary/aromatic N) is 1. The van der Waals surface area contributed by atoms with Crippen molar-refractivity contribution in [1.29, 1.82) is 0 Å². The van der Waals surface area contributed by atoms with Crippen LogP contribution in [0.1, 0.15) is 30.6 Å². The Morgan fingerprint density at radius 1 is 1.11 bits per heavy atom. The van der Waals surface area contributed by atoms with Crippen LogP contribution in [-0.4, -0.2) is 37.4 Å². The molecule has 0 radical (unpaired) electrons. The van der Waals surface area contributed by atoms with Crippen molar-refractivity contribution >= 4 is 39.2 Å². The van der Waals surface area contributed by atoms with Crippen molar-refractivity contribution in [3.63, 3.8) is 0 Å². The molecule has 1 aromatic carbocycles. The van der Waals surface area contributed by atoms with E-state index in [4.69, 9.17) is 0 Å². The molecule has 2 rings (SSSR count). The number of anilines is 1. The number of Topliss-reactive ketones (excluding diaryl/α,β-unsaturated/α-hetero) is 1. The molecule has 0 spiro atoms. The SMILES string of the molecule is CCSc1ccc(NC(=O)CCNS(=O)(=O)c2ccc(C(C)=O)cc2)cn1. The summed E-state index contributed by atoms with van der Waals surface area (Å²) in [6.45, 7) is 3.40. The number of aromatic nitrogens is 1. The van der Waals surface area contributed by atoms with Crippen molar-refractivity contribution in [2.75, 3.05) is 17.6 Å². The Bertz CT molecular complexity index is 895. The Balaban J connectivity index is 1.85. The molecule has 0 saturated heterocycles. The van der Waals surface area contributed by atoms with Gasteiger partial charge in [-0.1, -0.05) is 19.1 Å². The van der Waals surface area contributed by atoms with Crippen molar-refractivity contribution in [3.8, 4) is 0 Å². The van der Waals surface area contributed by atoms with Crippen molar-refractivity contribution in [2.24, 2.45) is 0 Å². The van der Waals surface area contributed by atoms with Gasteiger partial charge >= 0.3 is 0 Å². The van der Waals surface area contributed by atoms with Gasteiger partial charge in [-0.05, 0) is 36.9 Å². The first-order valence-corrected chi connectivity index (χ1v) is 10.8. The molecule has 1 amide bonds. The molecule has 0 bridgehead atoms. The average molecular weight is 408 g/mol. The lowest BCUT2D eigenvalue weighted by molar-refractivity contribution is -0.116. The fourth-order valence-corrected chi connectivity index (χ4v) is 3.78. The fourth-order valence-electron chi connectivity index (χ4n) is 2.16. The van der Waals surface area contributed by atoms with Crippen LogP contribution in [0.4, 0.5) is 5.69 Å². The Labute approximate surface area is 163 Å². The van der Waals surface area contributed by atoms with Crippen molar-refractivity contribution in [2.45, 2.75) is 30.2 Å². The first-order chi connectivity index (χ1) is 12.8. The zero-order valence-corrected chi connectivity index (χ0v) is 16.7. The van der Waals surface area contributed by atoms with E-state index in [2.05, 4.69) is 15.0 Å². The minimum atomic E-state index is -3.74. The zero-order valence-electron chi connectivity index (χ0n) is 15.1. The minimum Gasteiger partial charge on any atom is -0.325 e. The van der Waals surface area contributed by atoms with Gasteiger partial charge in [-0.15, -0.1) is 11.8 Å². The smallest absolute Gasteiger partial charge is 0.240 e. The van der Waals surface area contributed by atoms with E-state index in [1.54, 1.807) is 24.0 Å². The fraction of sp³-hybridized carbons (Fsp3) is 0.278. The summed E-state index contributed by atoms with van der Waals surface area (Å²) in [6.07, 6.45) is 1.55. The maximum Gasteiger partial charge on any atom is 0.240 e. The van der Waals surface area contributed by atoms with Crippen molar-refractivity contribution in [3.05, 3.63) is 48.2 Å². The van der Waals surface area contributed by atoms with Crippen LogP contribution in [0.5, 0.6) is 0 Å². The lowest BCUT2D eigenvalue weighted by Crippen LogP contribution is -2.27. The first-order valence-electron chi connectivity index (χ1n) is 8.31. The lowest BCUT2D eigenvalue weighted by atomic mass is 10.2. The number of benzene rings is 1. The molecule has 2 aromatic rings. The molecule has 7 nitrogen and oxygen atoms in total. The van der Waals surface area contributed by atoms with Gasteiger partial charge in [0.2, 0.25) is 15.9 Å². The van der Waals surface area contributed by atoms with E-state index in [0.29, 0.717) is 11.3 Å². The monoisotopic (exact) mass is 407 g/mol. The molecule has 9 heteroatoms. The van der Waals surface area contributed by atoms with E-state index >= 15 is 0 Å². The van der Waals surface area contributed by atoms with Crippen LogP contribution < -0.4 is 10.0 Å². The van der Waals surface area contributed by atoms with Gasteiger partial charge in [0, 0.05) is 18.5 Å². The van der Waals surface area contributed by atoms with E-state index < -0.39 is 10.0 Å². The summed E-state index contributed by atoms with van der Waals surface area (Å²) in [5, 5.41) is 3.55. The van der Waals surface area contributed by atoms with Gasteiger partial charge in [0.1, 0.15) is 0 Å². The summed E-state index contributed by atoms with van der Waals surface area (Å²) < 4.78 is 26.8. The van der Waals surface area contributed by atoms with Crippen LogP contribution in [0.25, 0.3) is 0 Å². The molecule has 0 unspecified atom stereocenters. The molecule has 1 heterocycles. The number of hydrogen-bond acceptors (Lipinski definition) is 6. The van der Waals surface area contributed by atoms with E-state index in [1.807, 2.05) is 13.0 Å². The second-order valence-corrected chi connectivity index (χ2v) is 8.65. The van der Waals surface area contributed by atoms with Crippen molar-refractivity contribution < 1.29 is 18.0 Å². The molecular weight excluding hydrogens is 386 g/mol. The van der Waals surface area contributed by atoms with Gasteiger partial charge < -0.3 is 5.32 Å². The van der Waals surface area contributed by atoms with Gasteiger partial charge in [-0.2, -0.15) is 0 Å². The number of sulfonamides is 1. The normalized spacial score (nSPS) is 11.2. The Kier molecular flexibility index (Phi) is 7.52. The number of ketones is 1. The number of thioether (sulfide) groups is 1. The third-order valence-electron chi connectivity index (χ3n) is 3.53. The van der Waals surface area contributed by atoms with E-state index in [-0.39, 0.29) is 29.6 Å². The quantitative estimate of drug-likeness (QED) is 0.489. The van der Waals surface area contributed by atoms with Crippen LogP contribution in [0.3, 0.4) is 0 Å². The van der Waals surface area contributed by atoms with Gasteiger partial charge in [0.15, 0.2) is 5.78 Å². The Morgan fingerprint density at radius 2 is 1.81 bits per heavy atom. The number of carbonyl (C=O) groups excluding carboxylic acids is 2. The van der Waals surface area contributed by atoms with Crippen molar-refractivity contribution in [1.82, 2.24) is 9.71 Å². The predicted octanol–water partition coefficient (Wildman–Crippen LogP) is 2.70. The van der Waals surface area contributed by atoms with Gasteiger partial charge in [-0.25, -0.2) is 18.1 Å². The number of amides is 1. The third kappa shape index (κ3) is 6.46. The molecule has 0 fully saturated rings. The van der Waals surface area contributed by atoms with Crippen LogP contribution in [-0.2, 0) is 14.8 Å². The molecule has 0 aliphatic carbocycles. The lowest BCUT2D eigenvalue weighted by Gasteiger charge is -2.08. The highest BCUT2D eigenvalue weighted by atomic mass is 32.2. The van der Waals surface area contributed by atoms with Gasteiger partial charge in [0.25, 0.3) is 0 Å². The molecule has 0 aliphatic heterocycles. The summed E-state index contributed by atoms with van der Waals surface area (Å²) >= 11 is 1.60. The summed E-state index contributed by atoms with van der Waals surface area (Å²) in [6, 6.07) is 9.20. The molecule has 144 valence electrons. The standard InChI is InChI=1S/C18H21N3O4S2/c1-3-26-18-9-6-15(12-19-18)21-17(23)10-11-20-27(24,25)16-7-4-14(5-8-16)13(2)22/h4-9,12,20H,3,10-11H2,1-2H3,(H,21,23). The van der Waals surface area contributed by atoms with Gasteiger partial charge in [-0.3, -0.25) is 9.59 Å². The molecule has 0 atom stereocenters. The highest BCUT2D eigenvalue weighted by molar-refractivity contribution is 7.99. The van der Waals surface area contributed by atoms with Crippen LogP contribution in [0.2, 0.25) is 0 Å². The molecular formula is C18H21N3O4S2. The average Bonchev–Trinajstić information content (AvgIpc) is 2.63. The maximum atomic E-state index is 12.2. The number of carbonyl (C=O) groups is 2. The highest BCUT2D eigenvalue weighted by Gasteiger charge is 2.14. The van der Waals surface area contributed by atoms with E-state index in [0.717, 1.165) is 10.8 Å².